The molecule has 0 saturated carbocycles. The zero-order valence-electron chi connectivity index (χ0n) is 12.9. The highest BCUT2D eigenvalue weighted by Crippen LogP contribution is 2.27. The zero-order chi connectivity index (χ0) is 16.5. The average molecular weight is 320 g/mol. The van der Waals surface area contributed by atoms with Crippen molar-refractivity contribution in [3.63, 3.8) is 0 Å². The molecule has 1 aromatic carbocycles. The van der Waals surface area contributed by atoms with Gasteiger partial charge in [0.15, 0.2) is 0 Å². The highest BCUT2D eigenvalue weighted by Gasteiger charge is 2.31. The number of carbonyl (C=O) groups excluding carboxylic acids is 1. The fraction of sp³-hybridized carbons (Fsp3) is 0.176. The molecule has 7 heteroatoms. The van der Waals surface area contributed by atoms with Crippen molar-refractivity contribution in [1.29, 1.82) is 0 Å². The van der Waals surface area contributed by atoms with Gasteiger partial charge in [-0.25, -0.2) is 9.97 Å². The van der Waals surface area contributed by atoms with Gasteiger partial charge in [0, 0.05) is 31.6 Å². The number of nitrogens with two attached hydrogens (primary N) is 1. The van der Waals surface area contributed by atoms with E-state index in [1.54, 1.807) is 35.6 Å². The summed E-state index contributed by atoms with van der Waals surface area (Å²) in [5, 5.41) is 0. The molecule has 7 nitrogen and oxygen atoms in total. The third-order valence-corrected chi connectivity index (χ3v) is 4.23. The molecule has 0 bridgehead atoms. The van der Waals surface area contributed by atoms with E-state index in [4.69, 9.17) is 5.73 Å². The van der Waals surface area contributed by atoms with E-state index in [9.17, 15) is 4.79 Å². The monoisotopic (exact) mass is 320 g/mol. The molecular weight excluding hydrogens is 304 g/mol. The summed E-state index contributed by atoms with van der Waals surface area (Å²) < 4.78 is 1.72. The summed E-state index contributed by atoms with van der Waals surface area (Å²) in [7, 11) is 0. The molecule has 2 N–H and O–H groups in total. The van der Waals surface area contributed by atoms with Crippen LogP contribution < -0.4 is 10.6 Å². The fourth-order valence-electron chi connectivity index (χ4n) is 3.02. The highest BCUT2D eigenvalue weighted by atomic mass is 16.1. The first-order valence-corrected chi connectivity index (χ1v) is 7.66. The number of anilines is 1. The van der Waals surface area contributed by atoms with Crippen molar-refractivity contribution in [2.24, 2.45) is 5.73 Å². The van der Waals surface area contributed by atoms with Crippen molar-refractivity contribution in [1.82, 2.24) is 19.5 Å². The molecule has 24 heavy (non-hydrogen) atoms. The van der Waals surface area contributed by atoms with E-state index < -0.39 is 6.04 Å². The summed E-state index contributed by atoms with van der Waals surface area (Å²) in [5.41, 5.74) is 7.98. The van der Waals surface area contributed by atoms with Crippen LogP contribution in [0.1, 0.15) is 11.1 Å². The van der Waals surface area contributed by atoms with Gasteiger partial charge in [-0.15, -0.1) is 0 Å². The van der Waals surface area contributed by atoms with Crippen LogP contribution in [0.5, 0.6) is 0 Å². The van der Waals surface area contributed by atoms with E-state index >= 15 is 0 Å². The first-order chi connectivity index (χ1) is 11.7. The van der Waals surface area contributed by atoms with Gasteiger partial charge in [-0.3, -0.25) is 9.36 Å². The van der Waals surface area contributed by atoms with E-state index in [1.165, 1.54) is 5.56 Å². The maximum absolute atomic E-state index is 12.0. The van der Waals surface area contributed by atoms with Crippen LogP contribution >= 0.6 is 0 Å². The third-order valence-electron chi connectivity index (χ3n) is 4.23. The Kier molecular flexibility index (Phi) is 3.45. The van der Waals surface area contributed by atoms with Crippen LogP contribution in [0, 0.1) is 0 Å². The van der Waals surface area contributed by atoms with E-state index in [0.29, 0.717) is 24.7 Å². The van der Waals surface area contributed by atoms with Crippen LogP contribution in [0.15, 0.2) is 55.2 Å². The lowest BCUT2D eigenvalue weighted by molar-refractivity contribution is -0.119. The number of hydrogen-bond acceptors (Lipinski definition) is 5. The molecule has 0 spiro atoms. The number of primary amides is 1. The van der Waals surface area contributed by atoms with Crippen LogP contribution in [0.2, 0.25) is 0 Å². The molecular formula is C17H16N6O. The number of rotatable bonds is 3. The van der Waals surface area contributed by atoms with Crippen molar-refractivity contribution in [2.45, 2.75) is 19.0 Å². The second-order valence-corrected chi connectivity index (χ2v) is 5.70. The van der Waals surface area contributed by atoms with Gasteiger partial charge in [0.25, 0.3) is 0 Å². The number of nitrogens with zero attached hydrogens (tertiary/aromatic N) is 5. The smallest absolute Gasteiger partial charge is 0.240 e. The molecule has 1 atom stereocenters. The Morgan fingerprint density at radius 3 is 2.75 bits per heavy atom. The largest absolute Gasteiger partial charge is 0.368 e. The fourth-order valence-corrected chi connectivity index (χ4v) is 3.02. The van der Waals surface area contributed by atoms with Gasteiger partial charge in [-0.05, 0) is 17.2 Å². The highest BCUT2D eigenvalue weighted by molar-refractivity contribution is 5.84. The van der Waals surface area contributed by atoms with Gasteiger partial charge in [0.05, 0.1) is 0 Å². The molecule has 0 aliphatic carbocycles. The number of aromatic nitrogens is 4. The average Bonchev–Trinajstić information content (AvgIpc) is 3.15. The summed E-state index contributed by atoms with van der Waals surface area (Å²) >= 11 is 0. The molecule has 3 aromatic rings. The number of fused-ring (bicyclic) bond motifs is 1. The summed E-state index contributed by atoms with van der Waals surface area (Å²) in [4.78, 5) is 26.8. The Labute approximate surface area is 138 Å². The van der Waals surface area contributed by atoms with Crippen molar-refractivity contribution in [3.05, 3.63) is 66.4 Å². The van der Waals surface area contributed by atoms with Crippen LogP contribution in [0.4, 0.5) is 5.82 Å². The molecule has 2 aromatic heterocycles. The lowest BCUT2D eigenvalue weighted by atomic mass is 9.93. The summed E-state index contributed by atoms with van der Waals surface area (Å²) in [6, 6.07) is 9.46. The van der Waals surface area contributed by atoms with Crippen LogP contribution in [-0.2, 0) is 17.8 Å². The number of amides is 1. The SMILES string of the molecule is NC(=O)C1Cc2ccccc2CN1c1ccnc(-n2ccnc2)n1. The molecule has 3 heterocycles. The standard InChI is InChI=1S/C17H16N6O/c18-16(24)14-9-12-3-1-2-4-13(12)10-23(14)15-5-6-20-17(21-15)22-8-7-19-11-22/h1-8,11,14H,9-10H2,(H2,18,24). The van der Waals surface area contributed by atoms with Crippen molar-refractivity contribution < 1.29 is 4.79 Å². The maximum atomic E-state index is 12.0. The first kappa shape index (κ1) is 14.4. The Morgan fingerprint density at radius 2 is 2.00 bits per heavy atom. The first-order valence-electron chi connectivity index (χ1n) is 7.66. The zero-order valence-corrected chi connectivity index (χ0v) is 12.9. The van der Waals surface area contributed by atoms with Gasteiger partial charge in [-0.1, -0.05) is 24.3 Å². The molecule has 1 unspecified atom stereocenters. The molecule has 4 rings (SSSR count). The van der Waals surface area contributed by atoms with Crippen LogP contribution in [-0.4, -0.2) is 31.5 Å². The molecule has 0 saturated heterocycles. The van der Waals surface area contributed by atoms with Crippen molar-refractivity contribution >= 4 is 11.7 Å². The molecule has 120 valence electrons. The Morgan fingerprint density at radius 1 is 1.17 bits per heavy atom. The quantitative estimate of drug-likeness (QED) is 0.780. The second kappa shape index (κ2) is 5.77. The summed E-state index contributed by atoms with van der Waals surface area (Å²) in [6.07, 6.45) is 7.33. The van der Waals surface area contributed by atoms with E-state index in [2.05, 4.69) is 21.0 Å². The Balaban J connectivity index is 1.74. The predicted octanol–water partition coefficient (Wildman–Crippen LogP) is 1.08. The van der Waals surface area contributed by atoms with Crippen molar-refractivity contribution in [2.75, 3.05) is 4.90 Å². The number of carbonyl (C=O) groups is 1. The number of hydrogen-bond donors (Lipinski definition) is 1. The maximum Gasteiger partial charge on any atom is 0.240 e. The molecule has 1 aliphatic heterocycles. The summed E-state index contributed by atoms with van der Waals surface area (Å²) in [5.74, 6) is 0.825. The topological polar surface area (TPSA) is 89.9 Å². The Hall–Kier alpha value is -3.22. The molecule has 0 radical (unpaired) electrons. The van der Waals surface area contributed by atoms with Gasteiger partial charge in [0.2, 0.25) is 11.9 Å². The number of imidazole rings is 1. The second-order valence-electron chi connectivity index (χ2n) is 5.70. The van der Waals surface area contributed by atoms with Crippen molar-refractivity contribution in [3.8, 4) is 5.95 Å². The summed E-state index contributed by atoms with van der Waals surface area (Å²) in [6.45, 7) is 0.587. The van der Waals surface area contributed by atoms with Gasteiger partial charge in [-0.2, -0.15) is 4.98 Å². The third kappa shape index (κ3) is 2.50. The van der Waals surface area contributed by atoms with Crippen LogP contribution in [0.25, 0.3) is 5.95 Å². The van der Waals surface area contributed by atoms with Crippen LogP contribution in [0.3, 0.4) is 0 Å². The van der Waals surface area contributed by atoms with Gasteiger partial charge < -0.3 is 10.6 Å². The van der Waals surface area contributed by atoms with E-state index in [1.807, 2.05) is 23.1 Å². The van der Waals surface area contributed by atoms with E-state index in [0.717, 1.165) is 5.56 Å². The molecule has 0 fully saturated rings. The van der Waals surface area contributed by atoms with Gasteiger partial charge in [0.1, 0.15) is 18.2 Å². The minimum Gasteiger partial charge on any atom is -0.368 e. The number of benzene rings is 1. The Bertz CT molecular complexity index is 876. The van der Waals surface area contributed by atoms with E-state index in [-0.39, 0.29) is 5.91 Å². The minimum absolute atomic E-state index is 0.354. The minimum atomic E-state index is -0.426. The molecule has 1 aliphatic rings. The normalized spacial score (nSPS) is 16.7. The predicted molar refractivity (Wildman–Crippen MR) is 88.5 cm³/mol. The van der Waals surface area contributed by atoms with Gasteiger partial charge >= 0.3 is 0 Å². The molecule has 1 amide bonds. The lowest BCUT2D eigenvalue weighted by Gasteiger charge is -2.36. The lowest BCUT2D eigenvalue weighted by Crippen LogP contribution is -2.49.